The summed E-state index contributed by atoms with van der Waals surface area (Å²) >= 11 is 7.13. The Hall–Kier alpha value is -0.670. The van der Waals surface area contributed by atoms with E-state index < -0.39 is 0 Å². The van der Waals surface area contributed by atoms with Gasteiger partial charge in [-0.1, -0.05) is 17.8 Å². The van der Waals surface area contributed by atoms with Crippen LogP contribution in [0.1, 0.15) is 5.56 Å². The van der Waals surface area contributed by atoms with Crippen molar-refractivity contribution in [3.8, 4) is 0 Å². The van der Waals surface area contributed by atoms with Crippen molar-refractivity contribution in [3.63, 3.8) is 0 Å². The second kappa shape index (κ2) is 4.24. The Labute approximate surface area is 91.6 Å². The third kappa shape index (κ3) is 2.04. The van der Waals surface area contributed by atoms with Crippen LogP contribution in [0.4, 0.5) is 0 Å². The highest BCUT2D eigenvalue weighted by Crippen LogP contribution is 2.23. The Morgan fingerprint density at radius 1 is 1.50 bits per heavy atom. The highest BCUT2D eigenvalue weighted by Gasteiger charge is 2.05. The van der Waals surface area contributed by atoms with Crippen LogP contribution in [-0.2, 0) is 0 Å². The summed E-state index contributed by atoms with van der Waals surface area (Å²) in [7, 11) is 0. The third-order valence-corrected chi connectivity index (χ3v) is 3.07. The molecule has 0 aliphatic rings. The summed E-state index contributed by atoms with van der Waals surface area (Å²) < 4.78 is 5.54. The van der Waals surface area contributed by atoms with Gasteiger partial charge in [-0.3, -0.25) is 0 Å². The molecular formula is C10H10ClNOS. The molecule has 0 N–H and O–H groups in total. The fourth-order valence-corrected chi connectivity index (χ4v) is 1.99. The van der Waals surface area contributed by atoms with E-state index in [1.165, 1.54) is 5.56 Å². The van der Waals surface area contributed by atoms with E-state index in [0.717, 1.165) is 16.9 Å². The van der Waals surface area contributed by atoms with E-state index in [4.69, 9.17) is 16.0 Å². The molecule has 0 saturated carbocycles. The second-order valence-electron chi connectivity index (χ2n) is 2.99. The van der Waals surface area contributed by atoms with Gasteiger partial charge in [0.05, 0.1) is 0 Å². The number of nitrogens with zero attached hydrogens (tertiary/aromatic N) is 1. The lowest BCUT2D eigenvalue weighted by atomic mass is 10.2. The second-order valence-corrected chi connectivity index (χ2v) is 4.41. The molecule has 0 radical (unpaired) electrons. The number of halogens is 1. The van der Waals surface area contributed by atoms with Gasteiger partial charge in [-0.05, 0) is 24.6 Å². The predicted octanol–water partition coefficient (Wildman–Crippen LogP) is 3.47. The summed E-state index contributed by atoms with van der Waals surface area (Å²) in [6.07, 6.45) is 0. The quantitative estimate of drug-likeness (QED) is 0.593. The average Bonchev–Trinajstić information content (AvgIpc) is 2.56. The summed E-state index contributed by atoms with van der Waals surface area (Å²) in [5.74, 6) is 1.44. The summed E-state index contributed by atoms with van der Waals surface area (Å²) in [6, 6.07) is 5.99. The monoisotopic (exact) mass is 227 g/mol. The molecule has 0 bridgehead atoms. The van der Waals surface area contributed by atoms with E-state index in [1.807, 2.05) is 25.1 Å². The van der Waals surface area contributed by atoms with Gasteiger partial charge in [0.2, 0.25) is 0 Å². The maximum Gasteiger partial charge on any atom is 0.256 e. The zero-order valence-electron chi connectivity index (χ0n) is 7.79. The first-order valence-corrected chi connectivity index (χ1v) is 5.87. The summed E-state index contributed by atoms with van der Waals surface area (Å²) in [5, 5.41) is 0.700. The SMILES string of the molecule is Cc1ccc2nc(SCCCl)oc2c1. The van der Waals surface area contributed by atoms with Crippen molar-refractivity contribution in [2.75, 3.05) is 11.6 Å². The van der Waals surface area contributed by atoms with Gasteiger partial charge in [-0.15, -0.1) is 11.6 Å². The van der Waals surface area contributed by atoms with Gasteiger partial charge in [0.15, 0.2) is 5.58 Å². The standard InChI is InChI=1S/C10H10ClNOS/c1-7-2-3-8-9(6-7)13-10(12-8)14-5-4-11/h2-3,6H,4-5H2,1H3. The molecule has 74 valence electrons. The van der Waals surface area contributed by atoms with Crippen LogP contribution in [0, 0.1) is 6.92 Å². The molecule has 2 rings (SSSR count). The van der Waals surface area contributed by atoms with Crippen molar-refractivity contribution < 1.29 is 4.42 Å². The topological polar surface area (TPSA) is 26.0 Å². The molecule has 2 aromatic rings. The molecule has 0 fully saturated rings. The first-order valence-electron chi connectivity index (χ1n) is 4.35. The van der Waals surface area contributed by atoms with Crippen LogP contribution in [0.15, 0.2) is 27.8 Å². The van der Waals surface area contributed by atoms with E-state index >= 15 is 0 Å². The lowest BCUT2D eigenvalue weighted by Crippen LogP contribution is -1.77. The first kappa shape index (κ1) is 9.87. The molecule has 0 spiro atoms. The number of hydrogen-bond acceptors (Lipinski definition) is 3. The zero-order chi connectivity index (χ0) is 9.97. The lowest BCUT2D eigenvalue weighted by molar-refractivity contribution is 0.489. The number of aryl methyl sites for hydroxylation is 1. The van der Waals surface area contributed by atoms with Crippen LogP contribution in [0.2, 0.25) is 0 Å². The molecule has 1 heterocycles. The highest BCUT2D eigenvalue weighted by molar-refractivity contribution is 7.99. The smallest absolute Gasteiger partial charge is 0.256 e. The molecule has 0 aliphatic carbocycles. The maximum atomic E-state index is 5.59. The summed E-state index contributed by atoms with van der Waals surface area (Å²) in [5.41, 5.74) is 2.94. The van der Waals surface area contributed by atoms with Crippen LogP contribution in [0.3, 0.4) is 0 Å². The molecule has 0 amide bonds. The van der Waals surface area contributed by atoms with Crippen molar-refractivity contribution in [2.45, 2.75) is 12.1 Å². The number of hydrogen-bond donors (Lipinski definition) is 0. The molecule has 0 atom stereocenters. The van der Waals surface area contributed by atoms with Gasteiger partial charge in [0, 0.05) is 11.6 Å². The zero-order valence-corrected chi connectivity index (χ0v) is 9.36. The first-order chi connectivity index (χ1) is 6.79. The Morgan fingerprint density at radius 2 is 2.36 bits per heavy atom. The number of thioether (sulfide) groups is 1. The molecular weight excluding hydrogens is 218 g/mol. The van der Waals surface area contributed by atoms with E-state index in [9.17, 15) is 0 Å². The number of rotatable bonds is 3. The minimum atomic E-state index is 0.614. The molecule has 1 aromatic heterocycles. The number of oxazole rings is 1. The van der Waals surface area contributed by atoms with Gasteiger partial charge < -0.3 is 4.42 Å². The molecule has 0 unspecified atom stereocenters. The molecule has 0 saturated heterocycles. The molecule has 0 aliphatic heterocycles. The van der Waals surface area contributed by atoms with E-state index in [2.05, 4.69) is 4.98 Å². The van der Waals surface area contributed by atoms with E-state index in [-0.39, 0.29) is 0 Å². The summed E-state index contributed by atoms with van der Waals surface area (Å²) in [6.45, 7) is 2.04. The minimum Gasteiger partial charge on any atom is -0.431 e. The van der Waals surface area contributed by atoms with Crippen molar-refractivity contribution in [3.05, 3.63) is 23.8 Å². The van der Waals surface area contributed by atoms with Gasteiger partial charge in [0.1, 0.15) is 5.52 Å². The van der Waals surface area contributed by atoms with E-state index in [1.54, 1.807) is 11.8 Å². The number of benzene rings is 1. The van der Waals surface area contributed by atoms with Crippen molar-refractivity contribution in [1.29, 1.82) is 0 Å². The average molecular weight is 228 g/mol. The Balaban J connectivity index is 2.32. The van der Waals surface area contributed by atoms with Crippen LogP contribution in [-0.4, -0.2) is 16.6 Å². The predicted molar refractivity (Wildman–Crippen MR) is 60.2 cm³/mol. The van der Waals surface area contributed by atoms with Crippen molar-refractivity contribution >= 4 is 34.5 Å². The maximum absolute atomic E-state index is 5.59. The van der Waals surface area contributed by atoms with Crippen molar-refractivity contribution in [1.82, 2.24) is 4.98 Å². The lowest BCUT2D eigenvalue weighted by Gasteiger charge is -1.89. The normalized spacial score (nSPS) is 11.0. The van der Waals surface area contributed by atoms with Crippen LogP contribution < -0.4 is 0 Å². The van der Waals surface area contributed by atoms with Gasteiger partial charge in [-0.25, -0.2) is 4.98 Å². The minimum absolute atomic E-state index is 0.614. The van der Waals surface area contributed by atoms with Crippen molar-refractivity contribution in [2.24, 2.45) is 0 Å². The number of aromatic nitrogens is 1. The molecule has 2 nitrogen and oxygen atoms in total. The molecule has 14 heavy (non-hydrogen) atoms. The van der Waals surface area contributed by atoms with Crippen LogP contribution >= 0.6 is 23.4 Å². The van der Waals surface area contributed by atoms with Crippen LogP contribution in [0.5, 0.6) is 0 Å². The number of alkyl halides is 1. The molecule has 4 heteroatoms. The van der Waals surface area contributed by atoms with Crippen LogP contribution in [0.25, 0.3) is 11.1 Å². The highest BCUT2D eigenvalue weighted by atomic mass is 35.5. The third-order valence-electron chi connectivity index (χ3n) is 1.83. The Kier molecular flexibility index (Phi) is 2.99. The fraction of sp³-hybridized carbons (Fsp3) is 0.300. The largest absolute Gasteiger partial charge is 0.431 e. The van der Waals surface area contributed by atoms with Gasteiger partial charge >= 0.3 is 0 Å². The Bertz CT molecular complexity index is 441. The van der Waals surface area contributed by atoms with E-state index in [0.29, 0.717) is 11.1 Å². The Morgan fingerprint density at radius 3 is 3.14 bits per heavy atom. The number of fused-ring (bicyclic) bond motifs is 1. The summed E-state index contributed by atoms with van der Waals surface area (Å²) in [4.78, 5) is 4.33. The van der Waals surface area contributed by atoms with Gasteiger partial charge in [0.25, 0.3) is 5.22 Å². The van der Waals surface area contributed by atoms with Gasteiger partial charge in [-0.2, -0.15) is 0 Å². The fourth-order valence-electron chi connectivity index (χ4n) is 1.20. The molecule has 1 aromatic carbocycles.